The molecule has 0 N–H and O–H groups in total. The summed E-state index contributed by atoms with van der Waals surface area (Å²) in [6, 6.07) is 21.1. The van der Waals surface area contributed by atoms with E-state index in [0.717, 1.165) is 22.8 Å². The Morgan fingerprint density at radius 2 is 1.80 bits per heavy atom. The Morgan fingerprint density at radius 1 is 0.960 bits per heavy atom. The average Bonchev–Trinajstić information content (AvgIpc) is 3.39. The van der Waals surface area contributed by atoms with Gasteiger partial charge >= 0.3 is 0 Å². The van der Waals surface area contributed by atoms with Crippen LogP contribution >= 0.6 is 22.7 Å². The summed E-state index contributed by atoms with van der Waals surface area (Å²) >= 11 is 3.44. The fraction of sp³-hybridized carbons (Fsp3) is 0.100. The highest BCUT2D eigenvalue weighted by atomic mass is 32.1. The number of benzene rings is 2. The number of nitrogens with zero attached hydrogens (tertiary/aromatic N) is 3. The van der Waals surface area contributed by atoms with Crippen LogP contribution in [0.1, 0.15) is 23.6 Å². The second-order valence-corrected chi connectivity index (χ2v) is 7.79. The number of hydrazone groups is 1. The number of anilines is 1. The third kappa shape index (κ3) is 2.65. The third-order valence-corrected chi connectivity index (χ3v) is 6.15. The van der Waals surface area contributed by atoms with Gasteiger partial charge in [-0.3, -0.25) is 0 Å². The van der Waals surface area contributed by atoms with Crippen LogP contribution in [0.25, 0.3) is 10.2 Å². The molecule has 1 aliphatic heterocycles. The highest BCUT2D eigenvalue weighted by molar-refractivity contribution is 7.22. The molecule has 0 fully saturated rings. The van der Waals surface area contributed by atoms with Gasteiger partial charge in [-0.05, 0) is 40.1 Å². The Morgan fingerprint density at radius 3 is 2.60 bits per heavy atom. The van der Waals surface area contributed by atoms with Gasteiger partial charge in [0, 0.05) is 6.42 Å². The molecule has 0 spiro atoms. The normalized spacial score (nSPS) is 17.2. The minimum atomic E-state index is 0.210. The molecule has 3 heterocycles. The minimum absolute atomic E-state index is 0.210. The van der Waals surface area contributed by atoms with Crippen LogP contribution in [-0.4, -0.2) is 10.7 Å². The van der Waals surface area contributed by atoms with Crippen molar-refractivity contribution in [2.24, 2.45) is 5.10 Å². The number of fused-ring (bicyclic) bond motifs is 1. The predicted molar refractivity (Wildman–Crippen MR) is 107 cm³/mol. The largest absolute Gasteiger partial charge is 0.231 e. The summed E-state index contributed by atoms with van der Waals surface area (Å²) in [7, 11) is 0. The molecule has 5 rings (SSSR count). The van der Waals surface area contributed by atoms with Crippen LogP contribution in [0.15, 0.2) is 76.5 Å². The Hall–Kier alpha value is -2.50. The quantitative estimate of drug-likeness (QED) is 0.467. The standard InChI is InChI=1S/C20H15N3S2/c1-2-6-14(7-3-1)17-12-18(15-10-11-24-13-15)23(22-17)20-21-16-8-4-5-9-19(16)25-20/h1-11,13,18H,12H2. The molecule has 1 unspecified atom stereocenters. The topological polar surface area (TPSA) is 28.5 Å². The van der Waals surface area contributed by atoms with Crippen molar-refractivity contribution in [2.45, 2.75) is 12.5 Å². The lowest BCUT2D eigenvalue weighted by molar-refractivity contribution is 0.710. The maximum Gasteiger partial charge on any atom is 0.207 e. The van der Waals surface area contributed by atoms with E-state index in [1.54, 1.807) is 22.7 Å². The molecule has 0 saturated heterocycles. The molecule has 0 bridgehead atoms. The first-order valence-corrected chi connectivity index (χ1v) is 9.94. The summed E-state index contributed by atoms with van der Waals surface area (Å²) in [6.07, 6.45) is 0.899. The first-order valence-electron chi connectivity index (χ1n) is 8.18. The Labute approximate surface area is 153 Å². The first kappa shape index (κ1) is 14.8. The summed E-state index contributed by atoms with van der Waals surface area (Å²) < 4.78 is 1.20. The van der Waals surface area contributed by atoms with Crippen LogP contribution < -0.4 is 5.01 Å². The lowest BCUT2D eigenvalue weighted by Gasteiger charge is -2.19. The van der Waals surface area contributed by atoms with Crippen molar-refractivity contribution >= 4 is 43.7 Å². The SMILES string of the molecule is c1ccc(C2=NN(c3nc4ccccc4s3)C(c3ccsc3)C2)cc1. The van der Waals surface area contributed by atoms with E-state index in [2.05, 4.69) is 64.3 Å². The zero-order valence-corrected chi connectivity index (χ0v) is 15.0. The van der Waals surface area contributed by atoms with Crippen LogP contribution in [0.5, 0.6) is 0 Å². The molecule has 1 aliphatic rings. The fourth-order valence-corrected chi connectivity index (χ4v) is 4.85. The Balaban J connectivity index is 1.60. The lowest BCUT2D eigenvalue weighted by atomic mass is 10.0. The number of thiophene rings is 1. The van der Waals surface area contributed by atoms with E-state index in [1.165, 1.54) is 15.8 Å². The fourth-order valence-electron chi connectivity index (χ4n) is 3.17. The summed E-state index contributed by atoms with van der Waals surface area (Å²) in [5.41, 5.74) is 4.65. The van der Waals surface area contributed by atoms with Gasteiger partial charge in [0.05, 0.1) is 22.0 Å². The third-order valence-electron chi connectivity index (χ3n) is 4.42. The van der Waals surface area contributed by atoms with Crippen molar-refractivity contribution in [1.82, 2.24) is 4.98 Å². The monoisotopic (exact) mass is 361 g/mol. The van der Waals surface area contributed by atoms with Gasteiger partial charge in [0.25, 0.3) is 0 Å². The number of para-hydroxylation sites is 1. The maximum absolute atomic E-state index is 4.96. The van der Waals surface area contributed by atoms with Gasteiger partial charge in [-0.15, -0.1) is 0 Å². The van der Waals surface area contributed by atoms with E-state index in [-0.39, 0.29) is 6.04 Å². The lowest BCUT2D eigenvalue weighted by Crippen LogP contribution is -2.17. The molecule has 4 aromatic rings. The van der Waals surface area contributed by atoms with Crippen molar-refractivity contribution in [3.8, 4) is 0 Å². The van der Waals surface area contributed by atoms with Gasteiger partial charge in [0.15, 0.2) is 0 Å². The molecular formula is C20H15N3S2. The van der Waals surface area contributed by atoms with E-state index in [9.17, 15) is 0 Å². The summed E-state index contributed by atoms with van der Waals surface area (Å²) in [4.78, 5) is 4.82. The minimum Gasteiger partial charge on any atom is -0.231 e. The molecule has 25 heavy (non-hydrogen) atoms. The maximum atomic E-state index is 4.96. The second kappa shape index (κ2) is 6.10. The van der Waals surface area contributed by atoms with Crippen LogP contribution in [0.4, 0.5) is 5.13 Å². The highest BCUT2D eigenvalue weighted by Crippen LogP contribution is 2.40. The summed E-state index contributed by atoms with van der Waals surface area (Å²) in [5, 5.41) is 12.4. The van der Waals surface area contributed by atoms with Crippen molar-refractivity contribution in [3.05, 3.63) is 82.6 Å². The number of rotatable bonds is 3. The summed E-state index contributed by atoms with van der Waals surface area (Å²) in [5.74, 6) is 0. The number of hydrogen-bond acceptors (Lipinski definition) is 5. The molecule has 2 aromatic heterocycles. The van der Waals surface area contributed by atoms with Gasteiger partial charge in [-0.25, -0.2) is 9.99 Å². The van der Waals surface area contributed by atoms with Gasteiger partial charge < -0.3 is 0 Å². The molecule has 1 atom stereocenters. The average molecular weight is 361 g/mol. The Bertz CT molecular complexity index is 1000. The van der Waals surface area contributed by atoms with Crippen molar-refractivity contribution in [3.63, 3.8) is 0 Å². The highest BCUT2D eigenvalue weighted by Gasteiger charge is 2.31. The molecule has 0 radical (unpaired) electrons. The molecule has 0 aliphatic carbocycles. The van der Waals surface area contributed by atoms with Crippen LogP contribution in [0, 0.1) is 0 Å². The van der Waals surface area contributed by atoms with Gasteiger partial charge in [0.1, 0.15) is 0 Å². The molecule has 2 aromatic carbocycles. The van der Waals surface area contributed by atoms with Crippen LogP contribution in [0.2, 0.25) is 0 Å². The molecular weight excluding hydrogens is 346 g/mol. The van der Waals surface area contributed by atoms with E-state index in [0.29, 0.717) is 0 Å². The zero-order chi connectivity index (χ0) is 16.6. The number of aromatic nitrogens is 1. The van der Waals surface area contributed by atoms with Gasteiger partial charge in [-0.1, -0.05) is 53.8 Å². The Kier molecular flexibility index (Phi) is 3.61. The van der Waals surface area contributed by atoms with E-state index < -0.39 is 0 Å². The zero-order valence-electron chi connectivity index (χ0n) is 13.4. The van der Waals surface area contributed by atoms with Gasteiger partial charge in [0.2, 0.25) is 5.13 Å². The van der Waals surface area contributed by atoms with Gasteiger partial charge in [-0.2, -0.15) is 16.4 Å². The van der Waals surface area contributed by atoms with E-state index in [1.807, 2.05) is 12.1 Å². The van der Waals surface area contributed by atoms with Crippen molar-refractivity contribution in [1.29, 1.82) is 0 Å². The van der Waals surface area contributed by atoms with Crippen LogP contribution in [0.3, 0.4) is 0 Å². The summed E-state index contributed by atoms with van der Waals surface area (Å²) in [6.45, 7) is 0. The number of hydrogen-bond donors (Lipinski definition) is 0. The second-order valence-electron chi connectivity index (χ2n) is 6.00. The first-order chi connectivity index (χ1) is 12.4. The van der Waals surface area contributed by atoms with E-state index in [4.69, 9.17) is 10.1 Å². The predicted octanol–water partition coefficient (Wildman–Crippen LogP) is 5.71. The molecule has 3 nitrogen and oxygen atoms in total. The van der Waals surface area contributed by atoms with E-state index >= 15 is 0 Å². The van der Waals surface area contributed by atoms with Crippen LogP contribution in [-0.2, 0) is 0 Å². The molecule has 0 saturated carbocycles. The molecule has 5 heteroatoms. The molecule has 122 valence electrons. The number of thiazole rings is 1. The smallest absolute Gasteiger partial charge is 0.207 e. The molecule has 0 amide bonds. The van der Waals surface area contributed by atoms with Crippen molar-refractivity contribution < 1.29 is 0 Å². The van der Waals surface area contributed by atoms with Crippen molar-refractivity contribution in [2.75, 3.05) is 5.01 Å².